The number of hydrogen-bond donors (Lipinski definition) is 1. The molecule has 1 N–H and O–H groups in total. The molecule has 1 aliphatic carbocycles. The first-order valence-corrected chi connectivity index (χ1v) is 8.78. The number of carbonyl (C=O) groups excluding carboxylic acids is 2. The van der Waals surface area contributed by atoms with Crippen LogP contribution in [0.4, 0.5) is 4.39 Å². The monoisotopic (exact) mass is 358 g/mol. The topological polar surface area (TPSA) is 60.3 Å². The lowest BCUT2D eigenvalue weighted by atomic mass is 10.2. The quantitative estimate of drug-likeness (QED) is 0.805. The minimum Gasteiger partial charge on any atom is -0.449 e. The van der Waals surface area contributed by atoms with Crippen molar-refractivity contribution in [3.05, 3.63) is 58.7 Å². The number of nitrogens with zero attached hydrogens (tertiary/aromatic N) is 1. The highest BCUT2D eigenvalue weighted by molar-refractivity contribution is 5.93. The van der Waals surface area contributed by atoms with Crippen molar-refractivity contribution in [2.45, 2.75) is 52.3 Å². The molecular formula is C20H23FN2O3. The van der Waals surface area contributed by atoms with E-state index < -0.39 is 18.0 Å². The molecule has 1 fully saturated rings. The number of aromatic nitrogens is 1. The van der Waals surface area contributed by atoms with Crippen LogP contribution in [0.15, 0.2) is 30.3 Å². The summed E-state index contributed by atoms with van der Waals surface area (Å²) >= 11 is 0. The Morgan fingerprint density at radius 1 is 1.27 bits per heavy atom. The van der Waals surface area contributed by atoms with Crippen LogP contribution in [0.1, 0.15) is 53.1 Å². The molecule has 0 spiro atoms. The molecule has 0 radical (unpaired) electrons. The number of amides is 1. The third kappa shape index (κ3) is 3.95. The summed E-state index contributed by atoms with van der Waals surface area (Å²) in [7, 11) is 0. The summed E-state index contributed by atoms with van der Waals surface area (Å²) in [5, 5.41) is 2.69. The molecule has 5 nitrogen and oxygen atoms in total. The van der Waals surface area contributed by atoms with Gasteiger partial charge >= 0.3 is 5.97 Å². The Morgan fingerprint density at radius 2 is 1.92 bits per heavy atom. The van der Waals surface area contributed by atoms with Crippen molar-refractivity contribution in [2.24, 2.45) is 0 Å². The molecular weight excluding hydrogens is 335 g/mol. The van der Waals surface area contributed by atoms with Gasteiger partial charge in [0.1, 0.15) is 5.82 Å². The van der Waals surface area contributed by atoms with E-state index in [2.05, 4.69) is 9.88 Å². The Morgan fingerprint density at radius 3 is 2.54 bits per heavy atom. The first-order valence-electron chi connectivity index (χ1n) is 8.78. The van der Waals surface area contributed by atoms with E-state index in [1.807, 2.05) is 19.9 Å². The molecule has 138 valence electrons. The maximum absolute atomic E-state index is 12.9. The second-order valence-corrected chi connectivity index (χ2v) is 6.78. The van der Waals surface area contributed by atoms with E-state index in [0.717, 1.165) is 29.8 Å². The number of benzene rings is 1. The van der Waals surface area contributed by atoms with Gasteiger partial charge in [-0.3, -0.25) is 4.79 Å². The molecule has 1 amide bonds. The van der Waals surface area contributed by atoms with Gasteiger partial charge in [-0.15, -0.1) is 0 Å². The zero-order valence-electron chi connectivity index (χ0n) is 15.2. The fourth-order valence-corrected chi connectivity index (χ4v) is 3.09. The number of aryl methyl sites for hydroxylation is 1. The van der Waals surface area contributed by atoms with Crippen molar-refractivity contribution >= 4 is 11.9 Å². The van der Waals surface area contributed by atoms with Crippen molar-refractivity contribution < 1.29 is 18.7 Å². The summed E-state index contributed by atoms with van der Waals surface area (Å²) < 4.78 is 20.4. The van der Waals surface area contributed by atoms with Crippen LogP contribution in [0.5, 0.6) is 0 Å². The average molecular weight is 358 g/mol. The van der Waals surface area contributed by atoms with Gasteiger partial charge in [0, 0.05) is 24.0 Å². The molecule has 1 aromatic carbocycles. The molecule has 0 saturated heterocycles. The number of carbonyl (C=O) groups is 2. The van der Waals surface area contributed by atoms with Gasteiger partial charge in [0.05, 0.1) is 5.56 Å². The van der Waals surface area contributed by atoms with Crippen molar-refractivity contribution in [2.75, 3.05) is 0 Å². The molecule has 3 rings (SSSR count). The smallest absolute Gasteiger partial charge is 0.340 e. The van der Waals surface area contributed by atoms with Gasteiger partial charge in [-0.1, -0.05) is 12.1 Å². The number of rotatable bonds is 6. The lowest BCUT2D eigenvalue weighted by molar-refractivity contribution is -0.129. The van der Waals surface area contributed by atoms with E-state index in [9.17, 15) is 14.0 Å². The van der Waals surface area contributed by atoms with E-state index in [1.54, 1.807) is 12.1 Å². The Hall–Kier alpha value is -2.63. The fourth-order valence-electron chi connectivity index (χ4n) is 3.09. The largest absolute Gasteiger partial charge is 0.449 e. The highest BCUT2D eigenvalue weighted by atomic mass is 19.1. The summed E-state index contributed by atoms with van der Waals surface area (Å²) in [6.45, 7) is 5.66. The van der Waals surface area contributed by atoms with Crippen molar-refractivity contribution in [3.8, 4) is 0 Å². The first-order chi connectivity index (χ1) is 12.4. The van der Waals surface area contributed by atoms with Crippen LogP contribution in [-0.2, 0) is 16.1 Å². The van der Waals surface area contributed by atoms with Crippen molar-refractivity contribution in [1.82, 2.24) is 9.88 Å². The van der Waals surface area contributed by atoms with Crippen LogP contribution in [0.25, 0.3) is 0 Å². The second-order valence-electron chi connectivity index (χ2n) is 6.78. The van der Waals surface area contributed by atoms with Crippen LogP contribution < -0.4 is 5.32 Å². The molecule has 0 aliphatic heterocycles. The predicted octanol–water partition coefficient (Wildman–Crippen LogP) is 3.44. The molecule has 0 bridgehead atoms. The maximum atomic E-state index is 12.9. The molecule has 1 aliphatic rings. The molecule has 1 unspecified atom stereocenters. The minimum absolute atomic E-state index is 0.247. The van der Waals surface area contributed by atoms with E-state index in [4.69, 9.17) is 4.74 Å². The van der Waals surface area contributed by atoms with E-state index in [0.29, 0.717) is 11.6 Å². The maximum Gasteiger partial charge on any atom is 0.340 e. The van der Waals surface area contributed by atoms with E-state index in [1.165, 1.54) is 19.1 Å². The molecule has 1 aromatic heterocycles. The van der Waals surface area contributed by atoms with Gasteiger partial charge in [0.2, 0.25) is 0 Å². The van der Waals surface area contributed by atoms with Gasteiger partial charge in [0.25, 0.3) is 5.91 Å². The molecule has 1 atom stereocenters. The number of ether oxygens (including phenoxy) is 1. The number of nitrogens with one attached hydrogen (secondary N) is 1. The van der Waals surface area contributed by atoms with E-state index >= 15 is 0 Å². The molecule has 26 heavy (non-hydrogen) atoms. The van der Waals surface area contributed by atoms with Crippen molar-refractivity contribution in [3.63, 3.8) is 0 Å². The summed E-state index contributed by atoms with van der Waals surface area (Å²) in [5.74, 6) is -1.21. The third-order valence-electron chi connectivity index (χ3n) is 4.65. The minimum atomic E-state index is -0.910. The Balaban J connectivity index is 1.57. The Bertz CT molecular complexity index is 822. The summed E-state index contributed by atoms with van der Waals surface area (Å²) in [5.41, 5.74) is 3.19. The highest BCUT2D eigenvalue weighted by Crippen LogP contribution is 2.38. The highest BCUT2D eigenvalue weighted by Gasteiger charge is 2.29. The summed E-state index contributed by atoms with van der Waals surface area (Å²) in [6.07, 6.45) is 1.35. The second kappa shape index (κ2) is 7.32. The SMILES string of the molecule is Cc1cc(C(=O)OC(C)C(=O)NCc2ccc(F)cc2)c(C)n1C1CC1. The lowest BCUT2D eigenvalue weighted by Gasteiger charge is -2.14. The van der Waals surface area contributed by atoms with Gasteiger partial charge in [-0.05, 0) is 57.4 Å². The van der Waals surface area contributed by atoms with Crippen LogP contribution in [0.3, 0.4) is 0 Å². The third-order valence-corrected chi connectivity index (χ3v) is 4.65. The molecule has 6 heteroatoms. The number of hydrogen-bond acceptors (Lipinski definition) is 3. The summed E-state index contributed by atoms with van der Waals surface area (Å²) in [6, 6.07) is 8.16. The number of esters is 1. The van der Waals surface area contributed by atoms with Gasteiger partial charge in [-0.2, -0.15) is 0 Å². The fraction of sp³-hybridized carbons (Fsp3) is 0.400. The van der Waals surface area contributed by atoms with Gasteiger partial charge in [-0.25, -0.2) is 9.18 Å². The van der Waals surface area contributed by atoms with Crippen LogP contribution >= 0.6 is 0 Å². The van der Waals surface area contributed by atoms with Crippen LogP contribution in [0.2, 0.25) is 0 Å². The standard InChI is InChI=1S/C20H23FN2O3/c1-12-10-18(13(2)23(12)17-8-9-17)20(25)26-14(3)19(24)22-11-15-4-6-16(21)7-5-15/h4-7,10,14,17H,8-9,11H2,1-3H3,(H,22,24). The normalized spacial score (nSPS) is 14.8. The predicted molar refractivity (Wildman–Crippen MR) is 95.3 cm³/mol. The summed E-state index contributed by atoms with van der Waals surface area (Å²) in [4.78, 5) is 24.6. The van der Waals surface area contributed by atoms with Crippen LogP contribution in [-0.4, -0.2) is 22.5 Å². The first kappa shape index (κ1) is 18.2. The Labute approximate surface area is 152 Å². The zero-order valence-corrected chi connectivity index (χ0v) is 15.2. The van der Waals surface area contributed by atoms with Crippen molar-refractivity contribution in [1.29, 1.82) is 0 Å². The van der Waals surface area contributed by atoms with E-state index in [-0.39, 0.29) is 12.4 Å². The molecule has 2 aromatic rings. The molecule has 1 heterocycles. The Kier molecular flexibility index (Phi) is 5.11. The number of halogens is 1. The zero-order chi connectivity index (χ0) is 18.8. The van der Waals surface area contributed by atoms with Crippen LogP contribution in [0, 0.1) is 19.7 Å². The lowest BCUT2D eigenvalue weighted by Crippen LogP contribution is -2.35. The van der Waals surface area contributed by atoms with Gasteiger partial charge < -0.3 is 14.6 Å². The van der Waals surface area contributed by atoms with Gasteiger partial charge in [0.15, 0.2) is 6.10 Å². The average Bonchev–Trinajstić information content (AvgIpc) is 3.39. The molecule has 1 saturated carbocycles.